The van der Waals surface area contributed by atoms with Gasteiger partial charge in [0.2, 0.25) is 5.88 Å². The van der Waals surface area contributed by atoms with Crippen LogP contribution >= 0.6 is 0 Å². The zero-order chi connectivity index (χ0) is 25.4. The number of pyridine rings is 1. The van der Waals surface area contributed by atoms with Crippen molar-refractivity contribution in [1.82, 2.24) is 4.98 Å². The predicted molar refractivity (Wildman–Crippen MR) is 133 cm³/mol. The van der Waals surface area contributed by atoms with Crippen LogP contribution in [0.1, 0.15) is 62.3 Å². The molecular weight excluding hydrogens is 461 g/mol. The number of rotatable bonds is 7. The maximum Gasteiger partial charge on any atom is 0.304 e. The molecule has 0 saturated heterocycles. The molecule has 188 valence electrons. The fourth-order valence-corrected chi connectivity index (χ4v) is 4.91. The first kappa shape index (κ1) is 24.1. The molecule has 0 radical (unpaired) electrons. The molecular formula is C29H30FNO5. The van der Waals surface area contributed by atoms with E-state index in [1.165, 1.54) is 6.07 Å². The predicted octanol–water partition coefficient (Wildman–Crippen LogP) is 6.33. The van der Waals surface area contributed by atoms with E-state index in [4.69, 9.17) is 19.3 Å². The Labute approximate surface area is 210 Å². The van der Waals surface area contributed by atoms with Crippen molar-refractivity contribution in [3.8, 4) is 28.5 Å². The molecule has 1 aromatic heterocycles. The van der Waals surface area contributed by atoms with Gasteiger partial charge in [0.1, 0.15) is 23.4 Å². The van der Waals surface area contributed by atoms with Crippen LogP contribution in [0.4, 0.5) is 4.39 Å². The number of ether oxygens (including phenoxy) is 3. The molecule has 2 aliphatic rings. The Morgan fingerprint density at radius 3 is 2.81 bits per heavy atom. The van der Waals surface area contributed by atoms with Gasteiger partial charge in [-0.25, -0.2) is 9.37 Å². The van der Waals surface area contributed by atoms with Gasteiger partial charge in [-0.15, -0.1) is 0 Å². The van der Waals surface area contributed by atoms with Crippen molar-refractivity contribution in [3.63, 3.8) is 0 Å². The summed E-state index contributed by atoms with van der Waals surface area (Å²) in [7, 11) is 0. The van der Waals surface area contributed by atoms with Crippen LogP contribution in [0.5, 0.6) is 17.4 Å². The van der Waals surface area contributed by atoms with Gasteiger partial charge < -0.3 is 19.3 Å². The van der Waals surface area contributed by atoms with Gasteiger partial charge in [0, 0.05) is 34.9 Å². The van der Waals surface area contributed by atoms with Crippen LogP contribution in [0.2, 0.25) is 0 Å². The highest BCUT2D eigenvalue weighted by atomic mass is 19.1. The van der Waals surface area contributed by atoms with E-state index in [0.717, 1.165) is 22.3 Å². The number of carboxylic acids is 1. The highest BCUT2D eigenvalue weighted by molar-refractivity contribution is 5.74. The fourth-order valence-electron chi connectivity index (χ4n) is 4.91. The van der Waals surface area contributed by atoms with Crippen molar-refractivity contribution in [1.29, 1.82) is 0 Å². The number of hydrogen-bond donors (Lipinski definition) is 1. The standard InChI is InChI=1S/C29H30FNO5/c1-29(2,3)16-35-28-22(5-4-12-31-28)20-8-10-23(30)27-21(20)9-11-24(27)36-18-6-7-19-17(13-26(32)33)15-34-25(19)14-18/h4-8,10,12,14,17,24H,9,11,13,15-16H2,1-3H3,(H,32,33)/t17-,24-/m1/s1. The molecule has 0 unspecified atom stereocenters. The van der Waals surface area contributed by atoms with Crippen molar-refractivity contribution >= 4 is 5.97 Å². The number of nitrogens with zero attached hydrogens (tertiary/aromatic N) is 1. The largest absolute Gasteiger partial charge is 0.492 e. The van der Waals surface area contributed by atoms with Crippen molar-refractivity contribution in [2.24, 2.45) is 5.41 Å². The summed E-state index contributed by atoms with van der Waals surface area (Å²) in [5.74, 6) is 0.415. The number of aromatic nitrogens is 1. The third kappa shape index (κ3) is 4.87. The molecule has 0 bridgehead atoms. The summed E-state index contributed by atoms with van der Waals surface area (Å²) in [5.41, 5.74) is 4.06. The molecule has 1 aliphatic carbocycles. The Kier molecular flexibility index (Phi) is 6.33. The fraction of sp³-hybridized carbons (Fsp3) is 0.379. The first-order chi connectivity index (χ1) is 17.2. The summed E-state index contributed by atoms with van der Waals surface area (Å²) >= 11 is 0. The number of fused-ring (bicyclic) bond motifs is 2. The Hall–Kier alpha value is -3.61. The van der Waals surface area contributed by atoms with Gasteiger partial charge in [-0.2, -0.15) is 0 Å². The molecule has 7 heteroatoms. The van der Waals surface area contributed by atoms with Crippen molar-refractivity contribution in [2.75, 3.05) is 13.2 Å². The zero-order valence-corrected chi connectivity index (χ0v) is 20.7. The average molecular weight is 492 g/mol. The number of halogens is 1. The van der Waals surface area contributed by atoms with Gasteiger partial charge in [-0.1, -0.05) is 32.9 Å². The van der Waals surface area contributed by atoms with Gasteiger partial charge in [-0.3, -0.25) is 4.79 Å². The quantitative estimate of drug-likeness (QED) is 0.416. The Balaban J connectivity index is 1.42. The average Bonchev–Trinajstić information content (AvgIpc) is 3.42. The number of carbonyl (C=O) groups is 1. The van der Waals surface area contributed by atoms with Crippen LogP contribution < -0.4 is 14.2 Å². The molecule has 36 heavy (non-hydrogen) atoms. The van der Waals surface area contributed by atoms with Crippen LogP contribution in [-0.4, -0.2) is 29.3 Å². The van der Waals surface area contributed by atoms with Gasteiger partial charge in [0.25, 0.3) is 0 Å². The molecule has 1 N–H and O–H groups in total. The smallest absolute Gasteiger partial charge is 0.304 e. The lowest BCUT2D eigenvalue weighted by Gasteiger charge is -2.20. The molecule has 0 saturated carbocycles. The first-order valence-electron chi connectivity index (χ1n) is 12.2. The lowest BCUT2D eigenvalue weighted by atomic mass is 9.96. The van der Waals surface area contributed by atoms with Gasteiger partial charge in [0.15, 0.2) is 0 Å². The Morgan fingerprint density at radius 2 is 2.03 bits per heavy atom. The number of carboxylic acid groups (broad SMARTS) is 1. The van der Waals surface area contributed by atoms with Crippen LogP contribution in [-0.2, 0) is 11.2 Å². The lowest BCUT2D eigenvalue weighted by molar-refractivity contribution is -0.137. The summed E-state index contributed by atoms with van der Waals surface area (Å²) in [6.45, 7) is 7.15. The summed E-state index contributed by atoms with van der Waals surface area (Å²) < 4.78 is 33.1. The summed E-state index contributed by atoms with van der Waals surface area (Å²) in [6, 6.07) is 12.5. The molecule has 0 amide bonds. The lowest BCUT2D eigenvalue weighted by Crippen LogP contribution is -2.17. The van der Waals surface area contributed by atoms with Crippen molar-refractivity contribution in [2.45, 2.75) is 52.1 Å². The molecule has 2 heterocycles. The second kappa shape index (κ2) is 9.45. The van der Waals surface area contributed by atoms with E-state index in [1.807, 2.05) is 24.3 Å². The van der Waals surface area contributed by atoms with Crippen LogP contribution in [0.25, 0.3) is 11.1 Å². The minimum atomic E-state index is -0.855. The molecule has 2 aromatic carbocycles. The summed E-state index contributed by atoms with van der Waals surface area (Å²) in [6.07, 6.45) is 2.59. The number of benzene rings is 2. The Morgan fingerprint density at radius 1 is 1.19 bits per heavy atom. The first-order valence-corrected chi connectivity index (χ1v) is 12.2. The number of aliphatic carboxylic acids is 1. The van der Waals surface area contributed by atoms with E-state index >= 15 is 4.39 Å². The highest BCUT2D eigenvalue weighted by Crippen LogP contribution is 2.45. The van der Waals surface area contributed by atoms with Gasteiger partial charge >= 0.3 is 5.97 Å². The second-order valence-corrected chi connectivity index (χ2v) is 10.6. The monoisotopic (exact) mass is 491 g/mol. The summed E-state index contributed by atoms with van der Waals surface area (Å²) in [5, 5.41) is 9.12. The van der Waals surface area contributed by atoms with E-state index in [0.29, 0.717) is 49.0 Å². The maximum absolute atomic E-state index is 15.1. The minimum absolute atomic E-state index is 0.0208. The minimum Gasteiger partial charge on any atom is -0.492 e. The van der Waals surface area contributed by atoms with Crippen molar-refractivity contribution in [3.05, 3.63) is 71.2 Å². The topological polar surface area (TPSA) is 77.9 Å². The Bertz CT molecular complexity index is 1300. The second-order valence-electron chi connectivity index (χ2n) is 10.6. The molecule has 1 aliphatic heterocycles. The third-order valence-corrected chi connectivity index (χ3v) is 6.55. The zero-order valence-electron chi connectivity index (χ0n) is 20.7. The van der Waals surface area contributed by atoms with E-state index < -0.39 is 12.1 Å². The molecule has 5 rings (SSSR count). The van der Waals surface area contributed by atoms with Crippen LogP contribution in [0.15, 0.2) is 48.7 Å². The van der Waals surface area contributed by atoms with Crippen molar-refractivity contribution < 1.29 is 28.5 Å². The van der Waals surface area contributed by atoms with E-state index in [1.54, 1.807) is 18.3 Å². The molecule has 6 nitrogen and oxygen atoms in total. The normalized spacial score (nSPS) is 18.3. The van der Waals surface area contributed by atoms with Crippen LogP contribution in [0.3, 0.4) is 0 Å². The van der Waals surface area contributed by atoms with E-state index in [9.17, 15) is 4.79 Å². The maximum atomic E-state index is 15.1. The highest BCUT2D eigenvalue weighted by Gasteiger charge is 2.32. The molecule has 0 fully saturated rings. The van der Waals surface area contributed by atoms with Crippen LogP contribution in [0, 0.1) is 11.2 Å². The molecule has 0 spiro atoms. The van der Waals surface area contributed by atoms with E-state index in [2.05, 4.69) is 25.8 Å². The summed E-state index contributed by atoms with van der Waals surface area (Å²) in [4.78, 5) is 15.6. The van der Waals surface area contributed by atoms with Gasteiger partial charge in [0.05, 0.1) is 19.6 Å². The third-order valence-electron chi connectivity index (χ3n) is 6.55. The molecule has 2 atom stereocenters. The number of hydrogen-bond acceptors (Lipinski definition) is 5. The molecule has 3 aromatic rings. The van der Waals surface area contributed by atoms with E-state index in [-0.39, 0.29) is 23.6 Å². The SMILES string of the molecule is CC(C)(C)COc1ncccc1-c1ccc(F)c2c1CC[C@H]2Oc1ccc2c(c1)OC[C@H]2CC(=O)O. The van der Waals surface area contributed by atoms with Gasteiger partial charge in [-0.05, 0) is 53.6 Å².